The number of carboxylic acid groups (broad SMARTS) is 1. The summed E-state index contributed by atoms with van der Waals surface area (Å²) in [5, 5.41) is 31.3. The van der Waals surface area contributed by atoms with Gasteiger partial charge in [-0.15, -0.1) is 0 Å². The van der Waals surface area contributed by atoms with E-state index in [1.807, 2.05) is 0 Å². The lowest BCUT2D eigenvalue weighted by Crippen LogP contribution is -2.61. The molecule has 0 spiro atoms. The minimum absolute atomic E-state index is 0.0505. The summed E-state index contributed by atoms with van der Waals surface area (Å²) >= 11 is 0. The number of hydrogen-bond acceptors (Lipinski definition) is 11. The van der Waals surface area contributed by atoms with Crippen LogP contribution in [0.15, 0.2) is 36.5 Å². The summed E-state index contributed by atoms with van der Waals surface area (Å²) in [6.07, 6.45) is 37.0. The largest absolute Gasteiger partial charge is 0.479 e. The van der Waals surface area contributed by atoms with Crippen LogP contribution >= 0.6 is 0 Å². The number of carbonyl (C=O) groups excluding carboxylic acids is 3. The van der Waals surface area contributed by atoms with Crippen LogP contribution in [0.3, 0.4) is 0 Å². The Balaban J connectivity index is 2.73. The summed E-state index contributed by atoms with van der Waals surface area (Å²) < 4.78 is 28.3. The minimum atomic E-state index is -1.90. The van der Waals surface area contributed by atoms with Crippen LogP contribution in [-0.2, 0) is 42.9 Å². The molecule has 0 saturated carbocycles. The molecule has 0 bridgehead atoms. The summed E-state index contributed by atoms with van der Waals surface area (Å²) in [6.45, 7) is 5.88. The van der Waals surface area contributed by atoms with Gasteiger partial charge in [-0.3, -0.25) is 14.4 Å². The topological polar surface area (TPSA) is 175 Å². The average molecular weight is 949 g/mol. The molecule has 1 fully saturated rings. The van der Waals surface area contributed by atoms with E-state index >= 15 is 0 Å². The van der Waals surface area contributed by atoms with Gasteiger partial charge in [0.15, 0.2) is 24.6 Å². The van der Waals surface area contributed by atoms with Crippen molar-refractivity contribution in [3.05, 3.63) is 36.5 Å². The quantitative estimate of drug-likeness (QED) is 0.0228. The maximum absolute atomic E-state index is 13.0. The molecule has 0 radical (unpaired) electrons. The highest BCUT2D eigenvalue weighted by Crippen LogP contribution is 2.26. The molecule has 0 aliphatic carbocycles. The van der Waals surface area contributed by atoms with Gasteiger partial charge in [0.05, 0.1) is 6.61 Å². The molecule has 6 atom stereocenters. The van der Waals surface area contributed by atoms with Gasteiger partial charge in [0.1, 0.15) is 18.8 Å². The van der Waals surface area contributed by atoms with Gasteiger partial charge in [-0.2, -0.15) is 0 Å². The average Bonchev–Trinajstić information content (AvgIpc) is 3.31. The lowest BCUT2D eigenvalue weighted by molar-refractivity contribution is -0.301. The van der Waals surface area contributed by atoms with Crippen molar-refractivity contribution in [1.82, 2.24) is 0 Å². The molecule has 388 valence electrons. The van der Waals surface area contributed by atoms with E-state index < -0.39 is 67.3 Å². The van der Waals surface area contributed by atoms with Gasteiger partial charge in [0.2, 0.25) is 0 Å². The van der Waals surface area contributed by atoms with Crippen LogP contribution in [0.2, 0.25) is 0 Å². The molecule has 1 rings (SSSR count). The lowest BCUT2D eigenvalue weighted by atomic mass is 9.98. The van der Waals surface area contributed by atoms with E-state index in [1.165, 1.54) is 64.2 Å². The Morgan fingerprint density at radius 2 is 0.866 bits per heavy atom. The Morgan fingerprint density at radius 1 is 0.478 bits per heavy atom. The number of esters is 3. The normalized spacial score (nSPS) is 19.1. The second-order valence-corrected chi connectivity index (χ2v) is 18.5. The number of ether oxygens (including phenoxy) is 5. The van der Waals surface area contributed by atoms with E-state index in [0.717, 1.165) is 116 Å². The van der Waals surface area contributed by atoms with Crippen molar-refractivity contribution in [3.8, 4) is 0 Å². The van der Waals surface area contributed by atoms with Crippen LogP contribution in [0.5, 0.6) is 0 Å². The zero-order chi connectivity index (χ0) is 49.0. The number of unbranched alkanes of at least 4 members (excludes halogenated alkanes) is 25. The number of rotatable bonds is 45. The molecule has 1 saturated heterocycles. The molecule has 67 heavy (non-hydrogen) atoms. The van der Waals surface area contributed by atoms with E-state index in [-0.39, 0.29) is 25.9 Å². The third-order valence-corrected chi connectivity index (χ3v) is 12.2. The Bertz CT molecular complexity index is 1310. The number of carbonyl (C=O) groups is 4. The number of aliphatic hydroxyl groups excluding tert-OH is 2. The van der Waals surface area contributed by atoms with Crippen molar-refractivity contribution in [1.29, 1.82) is 0 Å². The predicted molar refractivity (Wildman–Crippen MR) is 266 cm³/mol. The predicted octanol–water partition coefficient (Wildman–Crippen LogP) is 12.9. The van der Waals surface area contributed by atoms with E-state index in [0.29, 0.717) is 19.3 Å². The molecule has 1 aliphatic heterocycles. The van der Waals surface area contributed by atoms with Crippen molar-refractivity contribution < 1.29 is 58.2 Å². The standard InChI is InChI=1S/C55H96O12/c1-4-7-10-13-16-19-22-24-27-29-32-35-38-41-47(56)63-44-46(65-48(57)42-39-36-33-30-26-21-18-15-12-9-6-3)45-64-55-53(51(60)50(59)52(67-55)54(61)62)66-49(58)43-40-37-34-31-28-25-23-20-17-14-11-8-5-2/h15,18-20,22-23,46,50-53,55,59-60H,4-14,16-17,21,24-45H2,1-3H3,(H,61,62)/b18-15-,22-19-,23-20-. The molecule has 0 aromatic carbocycles. The number of allylic oxidation sites excluding steroid dienone is 6. The molecule has 0 amide bonds. The fourth-order valence-electron chi connectivity index (χ4n) is 7.93. The van der Waals surface area contributed by atoms with Crippen molar-refractivity contribution in [2.45, 2.75) is 276 Å². The zero-order valence-corrected chi connectivity index (χ0v) is 42.4. The third kappa shape index (κ3) is 34.8. The first-order valence-corrected chi connectivity index (χ1v) is 27.0. The van der Waals surface area contributed by atoms with Crippen LogP contribution in [0, 0.1) is 0 Å². The van der Waals surface area contributed by atoms with Gasteiger partial charge < -0.3 is 39.0 Å². The van der Waals surface area contributed by atoms with Crippen molar-refractivity contribution in [2.24, 2.45) is 0 Å². The van der Waals surface area contributed by atoms with E-state index in [2.05, 4.69) is 57.2 Å². The van der Waals surface area contributed by atoms with Crippen LogP contribution in [-0.4, -0.2) is 89.2 Å². The maximum Gasteiger partial charge on any atom is 0.335 e. The highest BCUT2D eigenvalue weighted by Gasteiger charge is 2.50. The van der Waals surface area contributed by atoms with Crippen LogP contribution in [0.1, 0.15) is 239 Å². The first-order chi connectivity index (χ1) is 32.6. The number of aliphatic hydroxyl groups is 2. The number of hydrogen-bond donors (Lipinski definition) is 3. The fraction of sp³-hybridized carbons (Fsp3) is 0.818. The van der Waals surface area contributed by atoms with Gasteiger partial charge in [0, 0.05) is 19.3 Å². The third-order valence-electron chi connectivity index (χ3n) is 12.2. The van der Waals surface area contributed by atoms with Crippen molar-refractivity contribution >= 4 is 23.9 Å². The monoisotopic (exact) mass is 949 g/mol. The molecule has 1 heterocycles. The Kier molecular flexibility index (Phi) is 40.8. The van der Waals surface area contributed by atoms with Gasteiger partial charge in [-0.1, -0.05) is 166 Å². The zero-order valence-electron chi connectivity index (χ0n) is 42.4. The van der Waals surface area contributed by atoms with Crippen molar-refractivity contribution in [3.63, 3.8) is 0 Å². The van der Waals surface area contributed by atoms with E-state index in [9.17, 15) is 34.5 Å². The molecule has 6 unspecified atom stereocenters. The van der Waals surface area contributed by atoms with Crippen LogP contribution in [0.4, 0.5) is 0 Å². The molecule has 1 aliphatic rings. The molecule has 0 aromatic heterocycles. The first kappa shape index (κ1) is 62.0. The number of carboxylic acids is 1. The van der Waals surface area contributed by atoms with Gasteiger partial charge in [0.25, 0.3) is 0 Å². The molecule has 12 heteroatoms. The molecular formula is C55H96O12. The number of aliphatic carboxylic acids is 1. The van der Waals surface area contributed by atoms with Crippen LogP contribution in [0.25, 0.3) is 0 Å². The van der Waals surface area contributed by atoms with Gasteiger partial charge in [-0.25, -0.2) is 4.79 Å². The van der Waals surface area contributed by atoms with E-state index in [4.69, 9.17) is 23.7 Å². The van der Waals surface area contributed by atoms with Gasteiger partial charge >= 0.3 is 23.9 Å². The lowest BCUT2D eigenvalue weighted by Gasteiger charge is -2.40. The summed E-state index contributed by atoms with van der Waals surface area (Å²) in [6, 6.07) is 0. The summed E-state index contributed by atoms with van der Waals surface area (Å²) in [5.41, 5.74) is 0. The molecule has 12 nitrogen and oxygen atoms in total. The molecule has 0 aromatic rings. The van der Waals surface area contributed by atoms with E-state index in [1.54, 1.807) is 0 Å². The maximum atomic E-state index is 13.0. The molecular weight excluding hydrogens is 853 g/mol. The SMILES string of the molecule is CCCC/C=C\CCCCCCCC(=O)OC(COC(=O)CCCCCCC/C=C\CCCCCC)COC1OC(C(=O)O)C(O)C(O)C1OC(=O)CCCCCCC/C=C\CCCCCC. The highest BCUT2D eigenvalue weighted by molar-refractivity contribution is 5.74. The van der Waals surface area contributed by atoms with Gasteiger partial charge in [-0.05, 0) is 89.9 Å². The fourth-order valence-corrected chi connectivity index (χ4v) is 7.93. The Hall–Kier alpha value is -3.06. The van der Waals surface area contributed by atoms with Crippen molar-refractivity contribution in [2.75, 3.05) is 13.2 Å². The van der Waals surface area contributed by atoms with Crippen LogP contribution < -0.4 is 0 Å². The second-order valence-electron chi connectivity index (χ2n) is 18.5. The Labute approximate surface area is 406 Å². The Morgan fingerprint density at radius 3 is 1.31 bits per heavy atom. The summed E-state index contributed by atoms with van der Waals surface area (Å²) in [7, 11) is 0. The minimum Gasteiger partial charge on any atom is -0.479 e. The highest BCUT2D eigenvalue weighted by atomic mass is 16.7. The summed E-state index contributed by atoms with van der Waals surface area (Å²) in [4.78, 5) is 50.8. The first-order valence-electron chi connectivity index (χ1n) is 27.0. The second kappa shape index (κ2) is 44.2. The summed E-state index contributed by atoms with van der Waals surface area (Å²) in [5.74, 6) is -3.14. The molecule has 3 N–H and O–H groups in total. The smallest absolute Gasteiger partial charge is 0.335 e.